The van der Waals surface area contributed by atoms with E-state index in [2.05, 4.69) is 45.0 Å². The number of benzene rings is 1. The van der Waals surface area contributed by atoms with Crippen LogP contribution < -0.4 is 0 Å². The summed E-state index contributed by atoms with van der Waals surface area (Å²) in [6.45, 7) is 8.44. The van der Waals surface area contributed by atoms with Crippen molar-refractivity contribution in [2.75, 3.05) is 13.1 Å². The molecule has 0 unspecified atom stereocenters. The van der Waals surface area contributed by atoms with E-state index in [9.17, 15) is 4.79 Å². The van der Waals surface area contributed by atoms with Gasteiger partial charge in [-0.2, -0.15) is 0 Å². The Morgan fingerprint density at radius 2 is 1.57 bits per heavy atom. The van der Waals surface area contributed by atoms with Crippen LogP contribution in [0.2, 0.25) is 0 Å². The smallest absolute Gasteiger partial charge is 0.246 e. The van der Waals surface area contributed by atoms with Gasteiger partial charge in [0.1, 0.15) is 0 Å². The number of hydrogen-bond donors (Lipinski definition) is 0. The van der Waals surface area contributed by atoms with Gasteiger partial charge in [-0.3, -0.25) is 4.79 Å². The molecule has 114 valence electrons. The fraction of sp³-hybridized carbons (Fsp3) is 0.526. The van der Waals surface area contributed by atoms with Gasteiger partial charge < -0.3 is 4.90 Å². The first-order chi connectivity index (χ1) is 9.97. The van der Waals surface area contributed by atoms with E-state index in [1.165, 1.54) is 18.4 Å². The monoisotopic (exact) mass is 285 g/mol. The fourth-order valence-electron chi connectivity index (χ4n) is 2.66. The van der Waals surface area contributed by atoms with Crippen LogP contribution in [0, 0.1) is 0 Å². The maximum absolute atomic E-state index is 12.2. The third-order valence-corrected chi connectivity index (χ3v) is 4.11. The maximum Gasteiger partial charge on any atom is 0.246 e. The van der Waals surface area contributed by atoms with E-state index in [4.69, 9.17) is 0 Å². The number of carbonyl (C=O) groups excluding carboxylic acids is 1. The highest BCUT2D eigenvalue weighted by Crippen LogP contribution is 2.22. The Bertz CT molecular complexity index is 485. The van der Waals surface area contributed by atoms with Crippen molar-refractivity contribution in [3.05, 3.63) is 41.5 Å². The Balaban J connectivity index is 1.98. The molecular weight excluding hydrogens is 258 g/mol. The lowest BCUT2D eigenvalue weighted by Crippen LogP contribution is -2.30. The van der Waals surface area contributed by atoms with Gasteiger partial charge in [0.2, 0.25) is 5.91 Å². The first-order valence-corrected chi connectivity index (χ1v) is 8.04. The van der Waals surface area contributed by atoms with Crippen LogP contribution in [0.15, 0.2) is 30.3 Å². The first kappa shape index (κ1) is 15.8. The molecule has 1 aliphatic heterocycles. The average Bonchev–Trinajstić information content (AvgIpc) is 2.73. The molecule has 2 rings (SSSR count). The Kier molecular flexibility index (Phi) is 5.22. The third-order valence-electron chi connectivity index (χ3n) is 4.11. The number of carbonyl (C=O) groups is 1. The van der Waals surface area contributed by atoms with Crippen LogP contribution in [0.1, 0.15) is 57.6 Å². The van der Waals surface area contributed by atoms with Crippen LogP contribution >= 0.6 is 0 Å². The van der Waals surface area contributed by atoms with Crippen molar-refractivity contribution in [3.63, 3.8) is 0 Å². The zero-order valence-electron chi connectivity index (χ0n) is 13.6. The van der Waals surface area contributed by atoms with Crippen LogP contribution in [0.4, 0.5) is 0 Å². The number of rotatable bonds is 2. The predicted octanol–water partition coefficient (Wildman–Crippen LogP) is 4.40. The minimum atomic E-state index is 0.150. The summed E-state index contributed by atoms with van der Waals surface area (Å²) in [6.07, 6.45) is 8.43. The average molecular weight is 285 g/mol. The minimum absolute atomic E-state index is 0.150. The van der Waals surface area contributed by atoms with Crippen LogP contribution in [-0.2, 0) is 10.2 Å². The molecule has 1 aromatic carbocycles. The molecule has 0 aromatic heterocycles. The summed E-state index contributed by atoms with van der Waals surface area (Å²) >= 11 is 0. The van der Waals surface area contributed by atoms with Gasteiger partial charge in [-0.15, -0.1) is 0 Å². The second kappa shape index (κ2) is 6.93. The van der Waals surface area contributed by atoms with Crippen LogP contribution in [-0.4, -0.2) is 23.9 Å². The molecule has 0 atom stereocenters. The van der Waals surface area contributed by atoms with E-state index in [0.29, 0.717) is 0 Å². The molecule has 0 saturated carbocycles. The standard InChI is InChI=1S/C19H27NO/c1-19(2,3)17-11-8-16(9-12-17)10-13-18(21)20-14-6-4-5-7-15-20/h8-13H,4-7,14-15H2,1-3H3/b13-10+. The quantitative estimate of drug-likeness (QED) is 0.738. The summed E-state index contributed by atoms with van der Waals surface area (Å²) in [4.78, 5) is 14.2. The molecule has 1 amide bonds. The lowest BCUT2D eigenvalue weighted by Gasteiger charge is -2.19. The molecule has 0 bridgehead atoms. The van der Waals surface area contributed by atoms with E-state index >= 15 is 0 Å². The molecule has 1 heterocycles. The molecule has 1 aromatic rings. The molecule has 0 spiro atoms. The van der Waals surface area contributed by atoms with Crippen molar-refractivity contribution >= 4 is 12.0 Å². The molecule has 2 heteroatoms. The molecule has 0 radical (unpaired) electrons. The van der Waals surface area contributed by atoms with Crippen LogP contribution in [0.25, 0.3) is 6.08 Å². The van der Waals surface area contributed by atoms with E-state index in [1.807, 2.05) is 11.0 Å². The molecule has 1 aliphatic rings. The van der Waals surface area contributed by atoms with Crippen molar-refractivity contribution in [3.8, 4) is 0 Å². The number of hydrogen-bond acceptors (Lipinski definition) is 1. The molecule has 1 fully saturated rings. The van der Waals surface area contributed by atoms with Gasteiger partial charge in [-0.1, -0.05) is 57.9 Å². The number of nitrogens with zero attached hydrogens (tertiary/aromatic N) is 1. The Hall–Kier alpha value is -1.57. The van der Waals surface area contributed by atoms with Gasteiger partial charge in [-0.25, -0.2) is 0 Å². The van der Waals surface area contributed by atoms with E-state index in [-0.39, 0.29) is 11.3 Å². The van der Waals surface area contributed by atoms with Gasteiger partial charge in [0.05, 0.1) is 0 Å². The molecule has 0 aliphatic carbocycles. The van der Waals surface area contributed by atoms with E-state index in [1.54, 1.807) is 6.08 Å². The van der Waals surface area contributed by atoms with Crippen LogP contribution in [0.5, 0.6) is 0 Å². The van der Waals surface area contributed by atoms with Crippen LogP contribution in [0.3, 0.4) is 0 Å². The molecule has 0 N–H and O–H groups in total. The molecule has 21 heavy (non-hydrogen) atoms. The second-order valence-corrected chi connectivity index (χ2v) is 6.94. The summed E-state index contributed by atoms with van der Waals surface area (Å²) in [6, 6.07) is 8.48. The Labute approximate surface area is 128 Å². The molecule has 2 nitrogen and oxygen atoms in total. The SMILES string of the molecule is CC(C)(C)c1ccc(/C=C/C(=O)N2CCCCCC2)cc1. The van der Waals surface area contributed by atoms with Gasteiger partial charge in [0, 0.05) is 19.2 Å². The Morgan fingerprint density at radius 1 is 1.00 bits per heavy atom. The van der Waals surface area contributed by atoms with Crippen molar-refractivity contribution in [2.24, 2.45) is 0 Å². The highest BCUT2D eigenvalue weighted by molar-refractivity contribution is 5.91. The highest BCUT2D eigenvalue weighted by atomic mass is 16.2. The first-order valence-electron chi connectivity index (χ1n) is 8.04. The summed E-state index contributed by atoms with van der Waals surface area (Å²) in [5.74, 6) is 0.150. The molecule has 1 saturated heterocycles. The van der Waals surface area contributed by atoms with Crippen molar-refractivity contribution in [1.29, 1.82) is 0 Å². The van der Waals surface area contributed by atoms with Gasteiger partial charge in [0.15, 0.2) is 0 Å². The fourth-order valence-corrected chi connectivity index (χ4v) is 2.66. The highest BCUT2D eigenvalue weighted by Gasteiger charge is 2.13. The maximum atomic E-state index is 12.2. The van der Waals surface area contributed by atoms with Gasteiger partial charge in [-0.05, 0) is 35.5 Å². The normalized spacial score (nSPS) is 17.0. The molecular formula is C19H27NO. The summed E-state index contributed by atoms with van der Waals surface area (Å²) < 4.78 is 0. The number of amides is 1. The lowest BCUT2D eigenvalue weighted by atomic mass is 9.87. The lowest BCUT2D eigenvalue weighted by molar-refractivity contribution is -0.125. The van der Waals surface area contributed by atoms with Crippen molar-refractivity contribution in [1.82, 2.24) is 4.90 Å². The summed E-state index contributed by atoms with van der Waals surface area (Å²) in [7, 11) is 0. The summed E-state index contributed by atoms with van der Waals surface area (Å²) in [5.41, 5.74) is 2.58. The zero-order valence-corrected chi connectivity index (χ0v) is 13.6. The Morgan fingerprint density at radius 3 is 2.10 bits per heavy atom. The van der Waals surface area contributed by atoms with Gasteiger partial charge >= 0.3 is 0 Å². The van der Waals surface area contributed by atoms with E-state index < -0.39 is 0 Å². The zero-order chi connectivity index (χ0) is 15.3. The summed E-state index contributed by atoms with van der Waals surface area (Å²) in [5, 5.41) is 0. The van der Waals surface area contributed by atoms with Crippen molar-refractivity contribution < 1.29 is 4.79 Å². The topological polar surface area (TPSA) is 20.3 Å². The van der Waals surface area contributed by atoms with Gasteiger partial charge in [0.25, 0.3) is 0 Å². The number of likely N-dealkylation sites (tertiary alicyclic amines) is 1. The second-order valence-electron chi connectivity index (χ2n) is 6.94. The predicted molar refractivity (Wildman–Crippen MR) is 89.2 cm³/mol. The minimum Gasteiger partial charge on any atom is -0.339 e. The third kappa shape index (κ3) is 4.73. The van der Waals surface area contributed by atoms with Crippen molar-refractivity contribution in [2.45, 2.75) is 51.9 Å². The van der Waals surface area contributed by atoms with E-state index in [0.717, 1.165) is 31.5 Å². The largest absolute Gasteiger partial charge is 0.339 e.